The van der Waals surface area contributed by atoms with Crippen molar-refractivity contribution in [2.24, 2.45) is 5.92 Å². The molecule has 0 aliphatic rings. The molecule has 1 rings (SSSR count). The van der Waals surface area contributed by atoms with Gasteiger partial charge in [-0.1, -0.05) is 13.8 Å². The van der Waals surface area contributed by atoms with E-state index in [1.54, 1.807) is 0 Å². The Balaban J connectivity index is 2.56. The van der Waals surface area contributed by atoms with Crippen molar-refractivity contribution in [1.29, 1.82) is 0 Å². The van der Waals surface area contributed by atoms with E-state index in [1.807, 2.05) is 13.8 Å². The minimum absolute atomic E-state index is 0.0118. The summed E-state index contributed by atoms with van der Waals surface area (Å²) in [5, 5.41) is 0. The fraction of sp³-hybridized carbons (Fsp3) is 0.500. The molecule has 0 aliphatic carbocycles. The first kappa shape index (κ1) is 16.6. The lowest BCUT2D eigenvalue weighted by atomic mass is 10.2. The predicted molar refractivity (Wildman–Crippen MR) is 74.9 cm³/mol. The highest BCUT2D eigenvalue weighted by molar-refractivity contribution is 9.10. The number of halogens is 2. The van der Waals surface area contributed by atoms with E-state index in [2.05, 4.69) is 20.7 Å². The van der Waals surface area contributed by atoms with Crippen molar-refractivity contribution in [3.05, 3.63) is 28.5 Å². The van der Waals surface area contributed by atoms with Crippen LogP contribution in [0.4, 0.5) is 4.39 Å². The summed E-state index contributed by atoms with van der Waals surface area (Å²) in [5.41, 5.74) is 0. The van der Waals surface area contributed by atoms with E-state index in [0.717, 1.165) is 12.1 Å². The molecule has 0 saturated carbocycles. The van der Waals surface area contributed by atoms with Crippen molar-refractivity contribution in [3.63, 3.8) is 0 Å². The van der Waals surface area contributed by atoms with Crippen LogP contribution in [0.3, 0.4) is 0 Å². The van der Waals surface area contributed by atoms with Gasteiger partial charge >= 0.3 is 0 Å². The molecule has 1 aromatic carbocycles. The van der Waals surface area contributed by atoms with E-state index in [9.17, 15) is 12.8 Å². The Morgan fingerprint density at radius 3 is 2.68 bits per heavy atom. The molecule has 4 nitrogen and oxygen atoms in total. The zero-order valence-electron chi connectivity index (χ0n) is 10.8. The first-order valence-electron chi connectivity index (χ1n) is 5.85. The van der Waals surface area contributed by atoms with Gasteiger partial charge in [0.2, 0.25) is 10.0 Å². The maximum atomic E-state index is 12.9. The van der Waals surface area contributed by atoms with Crippen LogP contribution in [0.15, 0.2) is 27.6 Å². The second kappa shape index (κ2) is 7.33. The van der Waals surface area contributed by atoms with Crippen LogP contribution >= 0.6 is 15.9 Å². The van der Waals surface area contributed by atoms with Crippen LogP contribution < -0.4 is 4.72 Å². The molecular weight excluding hydrogens is 337 g/mol. The summed E-state index contributed by atoms with van der Waals surface area (Å²) < 4.78 is 44.7. The van der Waals surface area contributed by atoms with Gasteiger partial charge in [0, 0.05) is 17.6 Å². The number of ether oxygens (including phenoxy) is 1. The number of hydrogen-bond donors (Lipinski definition) is 1. The molecule has 1 N–H and O–H groups in total. The SMILES string of the molecule is CC(C)COCCNS(=O)(=O)c1ccc(F)cc1Br. The third kappa shape index (κ3) is 5.56. The molecule has 0 aliphatic heterocycles. The topological polar surface area (TPSA) is 55.4 Å². The Bertz CT molecular complexity index is 520. The largest absolute Gasteiger partial charge is 0.380 e. The number of hydrogen-bond acceptors (Lipinski definition) is 3. The van der Waals surface area contributed by atoms with Gasteiger partial charge in [0.15, 0.2) is 0 Å². The van der Waals surface area contributed by atoms with E-state index in [0.29, 0.717) is 19.1 Å². The van der Waals surface area contributed by atoms with Gasteiger partial charge in [0.25, 0.3) is 0 Å². The van der Waals surface area contributed by atoms with Crippen LogP contribution in [0.1, 0.15) is 13.8 Å². The zero-order chi connectivity index (χ0) is 14.5. The van der Waals surface area contributed by atoms with Crippen LogP contribution in [0.5, 0.6) is 0 Å². The summed E-state index contributed by atoms with van der Waals surface area (Å²) in [4.78, 5) is 0.0118. The van der Waals surface area contributed by atoms with E-state index in [4.69, 9.17) is 4.74 Å². The number of nitrogens with one attached hydrogen (secondary N) is 1. The summed E-state index contributed by atoms with van der Waals surface area (Å²) >= 11 is 3.03. The predicted octanol–water partition coefficient (Wildman–Crippen LogP) is 2.54. The molecule has 0 spiro atoms. The Morgan fingerprint density at radius 2 is 2.11 bits per heavy atom. The first-order valence-corrected chi connectivity index (χ1v) is 8.13. The van der Waals surface area contributed by atoms with Crippen LogP contribution in [0.2, 0.25) is 0 Å². The van der Waals surface area contributed by atoms with Gasteiger partial charge in [-0.2, -0.15) is 0 Å². The Labute approximate surface area is 121 Å². The molecule has 0 aromatic heterocycles. The number of benzene rings is 1. The molecule has 108 valence electrons. The second-order valence-electron chi connectivity index (χ2n) is 4.44. The minimum Gasteiger partial charge on any atom is -0.380 e. The summed E-state index contributed by atoms with van der Waals surface area (Å²) in [6.07, 6.45) is 0. The fourth-order valence-corrected chi connectivity index (χ4v) is 3.40. The Morgan fingerprint density at radius 1 is 1.42 bits per heavy atom. The number of rotatable bonds is 7. The van der Waals surface area contributed by atoms with Crippen molar-refractivity contribution in [2.75, 3.05) is 19.8 Å². The third-order valence-corrected chi connectivity index (χ3v) is 4.61. The van der Waals surface area contributed by atoms with Crippen molar-refractivity contribution >= 4 is 26.0 Å². The first-order chi connectivity index (χ1) is 8.83. The van der Waals surface area contributed by atoms with Crippen LogP contribution in [-0.2, 0) is 14.8 Å². The molecule has 0 bridgehead atoms. The molecule has 0 heterocycles. The smallest absolute Gasteiger partial charge is 0.241 e. The molecule has 7 heteroatoms. The molecule has 0 fully saturated rings. The molecular formula is C12H17BrFNO3S. The van der Waals surface area contributed by atoms with Gasteiger partial charge in [-0.25, -0.2) is 17.5 Å². The molecule has 0 unspecified atom stereocenters. The molecule has 0 atom stereocenters. The lowest BCUT2D eigenvalue weighted by molar-refractivity contribution is 0.114. The van der Waals surface area contributed by atoms with Gasteiger partial charge in [0.05, 0.1) is 11.5 Å². The highest BCUT2D eigenvalue weighted by atomic mass is 79.9. The van der Waals surface area contributed by atoms with E-state index >= 15 is 0 Å². The lowest BCUT2D eigenvalue weighted by Crippen LogP contribution is -2.28. The summed E-state index contributed by atoms with van der Waals surface area (Å²) in [6.45, 7) is 5.09. The monoisotopic (exact) mass is 353 g/mol. The van der Waals surface area contributed by atoms with E-state index in [1.165, 1.54) is 6.07 Å². The maximum absolute atomic E-state index is 12.9. The molecule has 0 saturated heterocycles. The fourth-order valence-electron chi connectivity index (χ4n) is 1.34. The van der Waals surface area contributed by atoms with Crippen LogP contribution in [0, 0.1) is 11.7 Å². The van der Waals surface area contributed by atoms with Gasteiger partial charge < -0.3 is 4.74 Å². The van der Waals surface area contributed by atoms with Crippen molar-refractivity contribution in [2.45, 2.75) is 18.7 Å². The van der Waals surface area contributed by atoms with Crippen LogP contribution in [-0.4, -0.2) is 28.2 Å². The summed E-state index contributed by atoms with van der Waals surface area (Å²) in [6, 6.07) is 3.44. The molecule has 0 amide bonds. The summed E-state index contributed by atoms with van der Waals surface area (Å²) in [5.74, 6) is -0.0889. The second-order valence-corrected chi connectivity index (χ2v) is 7.03. The maximum Gasteiger partial charge on any atom is 0.241 e. The molecule has 0 radical (unpaired) electrons. The van der Waals surface area contributed by atoms with E-state index < -0.39 is 15.8 Å². The van der Waals surface area contributed by atoms with Crippen molar-refractivity contribution < 1.29 is 17.5 Å². The number of sulfonamides is 1. The Hall–Kier alpha value is -0.500. The van der Waals surface area contributed by atoms with Crippen molar-refractivity contribution in [3.8, 4) is 0 Å². The third-order valence-electron chi connectivity index (χ3n) is 2.17. The Kier molecular flexibility index (Phi) is 6.38. The van der Waals surface area contributed by atoms with Gasteiger partial charge in [-0.15, -0.1) is 0 Å². The molecule has 1 aromatic rings. The highest BCUT2D eigenvalue weighted by Gasteiger charge is 2.17. The zero-order valence-corrected chi connectivity index (χ0v) is 13.2. The van der Waals surface area contributed by atoms with Crippen LogP contribution in [0.25, 0.3) is 0 Å². The van der Waals surface area contributed by atoms with Crippen molar-refractivity contribution in [1.82, 2.24) is 4.72 Å². The standard InChI is InChI=1S/C12H17BrFNO3S/c1-9(2)8-18-6-5-15-19(16,17)12-4-3-10(14)7-11(12)13/h3-4,7,9,15H,5-6,8H2,1-2H3. The highest BCUT2D eigenvalue weighted by Crippen LogP contribution is 2.22. The molecule has 19 heavy (non-hydrogen) atoms. The van der Waals surface area contributed by atoms with Gasteiger partial charge in [-0.3, -0.25) is 0 Å². The quantitative estimate of drug-likeness (QED) is 0.766. The normalized spacial score (nSPS) is 12.1. The average molecular weight is 354 g/mol. The van der Waals surface area contributed by atoms with Gasteiger partial charge in [0.1, 0.15) is 5.82 Å². The minimum atomic E-state index is -3.65. The lowest BCUT2D eigenvalue weighted by Gasteiger charge is -2.10. The summed E-state index contributed by atoms with van der Waals surface area (Å²) in [7, 11) is -3.65. The average Bonchev–Trinajstić information content (AvgIpc) is 2.27. The van der Waals surface area contributed by atoms with E-state index in [-0.39, 0.29) is 15.9 Å². The van der Waals surface area contributed by atoms with Gasteiger partial charge in [-0.05, 0) is 40.0 Å².